The maximum absolute atomic E-state index is 13.0. The molecule has 0 heterocycles. The van der Waals surface area contributed by atoms with Crippen LogP contribution in [0.2, 0.25) is 0 Å². The molecular weight excluding hydrogens is 321 g/mol. The molecule has 0 aliphatic rings. The molecule has 0 atom stereocenters. The Balaban J connectivity index is 2.18. The highest BCUT2D eigenvalue weighted by atomic mass is 19.4. The Bertz CT molecular complexity index is 846. The van der Waals surface area contributed by atoms with Gasteiger partial charge in [-0.25, -0.2) is 0 Å². The average molecular weight is 330 g/mol. The van der Waals surface area contributed by atoms with Crippen molar-refractivity contribution in [1.82, 2.24) is 5.43 Å². The number of anilines is 1. The van der Waals surface area contributed by atoms with Crippen LogP contribution in [0.5, 0.6) is 0 Å². The van der Waals surface area contributed by atoms with Crippen molar-refractivity contribution >= 4 is 11.6 Å². The summed E-state index contributed by atoms with van der Waals surface area (Å²) in [6, 6.07) is 12.0. The number of nitriles is 2. The third kappa shape index (κ3) is 3.81. The predicted molar refractivity (Wildman–Crippen MR) is 78.4 cm³/mol. The fourth-order valence-corrected chi connectivity index (χ4v) is 1.85. The van der Waals surface area contributed by atoms with E-state index in [1.807, 2.05) is 6.07 Å². The molecular formula is C16H9F3N4O. The van der Waals surface area contributed by atoms with Gasteiger partial charge in [0.1, 0.15) is 0 Å². The lowest BCUT2D eigenvalue weighted by Crippen LogP contribution is -2.30. The van der Waals surface area contributed by atoms with Crippen molar-refractivity contribution in [1.29, 1.82) is 10.5 Å². The lowest BCUT2D eigenvalue weighted by molar-refractivity contribution is -0.137. The third-order valence-corrected chi connectivity index (χ3v) is 3.04. The van der Waals surface area contributed by atoms with E-state index in [1.54, 1.807) is 6.07 Å². The van der Waals surface area contributed by atoms with Gasteiger partial charge in [-0.1, -0.05) is 0 Å². The fraction of sp³-hybridized carbons (Fsp3) is 0.0625. The molecule has 1 amide bonds. The number of carbonyl (C=O) groups excluding carboxylic acids is 1. The van der Waals surface area contributed by atoms with Crippen molar-refractivity contribution in [3.05, 3.63) is 64.7 Å². The summed E-state index contributed by atoms with van der Waals surface area (Å²) in [5, 5.41) is 17.4. The minimum absolute atomic E-state index is 0.147. The van der Waals surface area contributed by atoms with Crippen molar-refractivity contribution in [2.75, 3.05) is 5.43 Å². The second kappa shape index (κ2) is 6.71. The molecule has 0 aliphatic heterocycles. The fourth-order valence-electron chi connectivity index (χ4n) is 1.85. The maximum atomic E-state index is 13.0. The Hall–Kier alpha value is -3.52. The van der Waals surface area contributed by atoms with E-state index in [0.29, 0.717) is 11.6 Å². The van der Waals surface area contributed by atoms with E-state index in [2.05, 4.69) is 10.9 Å². The third-order valence-electron chi connectivity index (χ3n) is 3.04. The Morgan fingerprint density at radius 2 is 1.54 bits per heavy atom. The first-order chi connectivity index (χ1) is 11.3. The number of rotatable bonds is 3. The van der Waals surface area contributed by atoms with Gasteiger partial charge in [0, 0.05) is 5.56 Å². The van der Waals surface area contributed by atoms with E-state index < -0.39 is 17.6 Å². The lowest BCUT2D eigenvalue weighted by Gasteiger charge is -2.15. The van der Waals surface area contributed by atoms with E-state index in [1.165, 1.54) is 30.3 Å². The molecule has 0 fully saturated rings. The van der Waals surface area contributed by atoms with Gasteiger partial charge in [0.25, 0.3) is 5.91 Å². The molecule has 0 bridgehead atoms. The molecule has 2 N–H and O–H groups in total. The smallest absolute Gasteiger partial charge is 0.298 e. The van der Waals surface area contributed by atoms with Gasteiger partial charge in [0.2, 0.25) is 0 Å². The number of hydrogen-bond acceptors (Lipinski definition) is 4. The second-order valence-electron chi connectivity index (χ2n) is 4.64. The van der Waals surface area contributed by atoms with Crippen molar-refractivity contribution in [2.24, 2.45) is 0 Å². The number of nitrogens with one attached hydrogen (secondary N) is 2. The first kappa shape index (κ1) is 16.8. The van der Waals surface area contributed by atoms with Gasteiger partial charge in [-0.15, -0.1) is 0 Å². The Morgan fingerprint density at radius 3 is 2.08 bits per heavy atom. The summed E-state index contributed by atoms with van der Waals surface area (Å²) in [6.45, 7) is 0. The zero-order valence-electron chi connectivity index (χ0n) is 12.0. The molecule has 2 aromatic rings. The van der Waals surface area contributed by atoms with Crippen LogP contribution in [0.15, 0.2) is 42.5 Å². The minimum Gasteiger partial charge on any atom is -0.298 e. The number of amides is 1. The van der Waals surface area contributed by atoms with Crippen molar-refractivity contribution < 1.29 is 18.0 Å². The first-order valence-electron chi connectivity index (χ1n) is 6.53. The standard InChI is InChI=1S/C16H9F3N4O/c17-16(18,19)13-7-11(9-21)3-6-14(13)22-23-15(24)12-4-1-10(8-20)2-5-12/h1-7,22H,(H,23,24). The van der Waals surface area contributed by atoms with E-state index in [9.17, 15) is 18.0 Å². The summed E-state index contributed by atoms with van der Waals surface area (Å²) in [4.78, 5) is 11.9. The summed E-state index contributed by atoms with van der Waals surface area (Å²) in [7, 11) is 0. The van der Waals surface area contributed by atoms with E-state index >= 15 is 0 Å². The molecule has 24 heavy (non-hydrogen) atoms. The van der Waals surface area contributed by atoms with Crippen molar-refractivity contribution in [3.63, 3.8) is 0 Å². The molecule has 2 rings (SSSR count). The zero-order valence-corrected chi connectivity index (χ0v) is 12.0. The average Bonchev–Trinajstić information content (AvgIpc) is 2.58. The van der Waals surface area contributed by atoms with Gasteiger partial charge in [0.15, 0.2) is 0 Å². The monoisotopic (exact) mass is 330 g/mol. The molecule has 5 nitrogen and oxygen atoms in total. The molecule has 0 saturated heterocycles. The summed E-state index contributed by atoms with van der Waals surface area (Å²) >= 11 is 0. The summed E-state index contributed by atoms with van der Waals surface area (Å²) in [6.07, 6.45) is -4.69. The molecule has 0 saturated carbocycles. The van der Waals surface area contributed by atoms with Crippen LogP contribution in [0.4, 0.5) is 18.9 Å². The highest BCUT2D eigenvalue weighted by Crippen LogP contribution is 2.35. The summed E-state index contributed by atoms with van der Waals surface area (Å²) < 4.78 is 39.0. The maximum Gasteiger partial charge on any atom is 0.418 e. The summed E-state index contributed by atoms with van der Waals surface area (Å²) in [5.74, 6) is -0.669. The Labute approximate surface area is 134 Å². The van der Waals surface area contributed by atoms with Crippen molar-refractivity contribution in [3.8, 4) is 12.1 Å². The van der Waals surface area contributed by atoms with Crippen LogP contribution in [0.25, 0.3) is 0 Å². The molecule has 0 aliphatic carbocycles. The summed E-state index contributed by atoms with van der Waals surface area (Å²) in [5.41, 5.74) is 3.27. The van der Waals surface area contributed by atoms with Crippen LogP contribution in [0.1, 0.15) is 27.0 Å². The number of alkyl halides is 3. The predicted octanol–water partition coefficient (Wildman–Crippen LogP) is 3.21. The van der Waals surface area contributed by atoms with Crippen LogP contribution in [-0.4, -0.2) is 5.91 Å². The second-order valence-corrected chi connectivity index (χ2v) is 4.64. The highest BCUT2D eigenvalue weighted by Gasteiger charge is 2.34. The Kier molecular flexibility index (Phi) is 4.71. The number of carbonyl (C=O) groups is 1. The number of hydrazine groups is 1. The molecule has 0 unspecified atom stereocenters. The molecule has 0 aromatic heterocycles. The topological polar surface area (TPSA) is 88.7 Å². The van der Waals surface area contributed by atoms with Crippen LogP contribution in [0, 0.1) is 22.7 Å². The normalized spacial score (nSPS) is 10.4. The zero-order chi connectivity index (χ0) is 17.7. The van der Waals surface area contributed by atoms with Crippen molar-refractivity contribution in [2.45, 2.75) is 6.18 Å². The van der Waals surface area contributed by atoms with E-state index in [-0.39, 0.29) is 16.8 Å². The van der Waals surface area contributed by atoms with Gasteiger partial charge < -0.3 is 0 Å². The minimum atomic E-state index is -4.69. The van der Waals surface area contributed by atoms with E-state index in [4.69, 9.17) is 10.5 Å². The number of benzene rings is 2. The van der Waals surface area contributed by atoms with Gasteiger partial charge in [0.05, 0.1) is 34.5 Å². The van der Waals surface area contributed by atoms with Gasteiger partial charge in [-0.2, -0.15) is 23.7 Å². The largest absolute Gasteiger partial charge is 0.418 e. The highest BCUT2D eigenvalue weighted by molar-refractivity contribution is 5.95. The number of hydrogen-bond donors (Lipinski definition) is 2. The molecule has 8 heteroatoms. The van der Waals surface area contributed by atoms with Gasteiger partial charge >= 0.3 is 6.18 Å². The SMILES string of the molecule is N#Cc1ccc(C(=O)NNc2ccc(C#N)cc2C(F)(F)F)cc1. The van der Waals surface area contributed by atoms with E-state index in [0.717, 1.165) is 6.07 Å². The van der Waals surface area contributed by atoms with Gasteiger partial charge in [-0.05, 0) is 42.5 Å². The first-order valence-corrected chi connectivity index (χ1v) is 6.53. The van der Waals surface area contributed by atoms with Gasteiger partial charge in [-0.3, -0.25) is 15.6 Å². The Morgan fingerprint density at radius 1 is 0.958 bits per heavy atom. The molecule has 0 spiro atoms. The van der Waals surface area contributed by atoms with Crippen LogP contribution in [0.3, 0.4) is 0 Å². The molecule has 2 aromatic carbocycles. The molecule has 0 radical (unpaired) electrons. The molecule has 120 valence electrons. The number of halogens is 3. The van der Waals surface area contributed by atoms with Crippen LogP contribution >= 0.6 is 0 Å². The number of nitrogens with zero attached hydrogens (tertiary/aromatic N) is 2. The quantitative estimate of drug-likeness (QED) is 0.846. The van der Waals surface area contributed by atoms with Crippen LogP contribution < -0.4 is 10.9 Å². The lowest BCUT2D eigenvalue weighted by atomic mass is 10.1. The van der Waals surface area contributed by atoms with Crippen LogP contribution in [-0.2, 0) is 6.18 Å².